The maximum absolute atomic E-state index is 5.97. The van der Waals surface area contributed by atoms with Gasteiger partial charge in [0.2, 0.25) is 10.6 Å². The topological polar surface area (TPSA) is 52.8 Å². The maximum Gasteiger partial charge on any atom is 0.227 e. The number of rotatable bonds is 6. The predicted octanol–water partition coefficient (Wildman–Crippen LogP) is 5.24. The summed E-state index contributed by atoms with van der Waals surface area (Å²) in [7, 11) is 1.65. The summed E-state index contributed by atoms with van der Waals surface area (Å²) in [5, 5.41) is 1.17. The van der Waals surface area contributed by atoms with Crippen molar-refractivity contribution in [2.24, 2.45) is 5.92 Å². The Morgan fingerprint density at radius 1 is 1.08 bits per heavy atom. The second-order valence-electron chi connectivity index (χ2n) is 5.96. The Balaban J connectivity index is 2.19. The van der Waals surface area contributed by atoms with E-state index in [0.29, 0.717) is 11.7 Å². The Hall–Kier alpha value is -1.85. The summed E-state index contributed by atoms with van der Waals surface area (Å²) < 4.78 is 7.62. The number of fused-ring (bicyclic) bond motifs is 1. The van der Waals surface area contributed by atoms with E-state index in [0.717, 1.165) is 41.6 Å². The molecule has 7 heteroatoms. The Morgan fingerprint density at radius 3 is 2.36 bits per heavy atom. The van der Waals surface area contributed by atoms with Gasteiger partial charge in [0.15, 0.2) is 5.82 Å². The summed E-state index contributed by atoms with van der Waals surface area (Å²) in [5.74, 6) is 1.85. The fraction of sp³-hybridized carbons (Fsp3) is 0.389. The van der Waals surface area contributed by atoms with Crippen LogP contribution in [0, 0.1) is 5.92 Å². The van der Waals surface area contributed by atoms with Gasteiger partial charge in [0.1, 0.15) is 5.75 Å². The molecule has 25 heavy (non-hydrogen) atoms. The van der Waals surface area contributed by atoms with Gasteiger partial charge in [-0.3, -0.25) is 0 Å². The van der Waals surface area contributed by atoms with Gasteiger partial charge in [-0.25, -0.2) is 0 Å². The van der Waals surface area contributed by atoms with Crippen LogP contribution in [0.5, 0.6) is 5.75 Å². The van der Waals surface area contributed by atoms with E-state index in [-0.39, 0.29) is 10.6 Å². The first-order chi connectivity index (χ1) is 12.0. The molecular weight excluding hydrogens is 359 g/mol. The lowest BCUT2D eigenvalue weighted by Gasteiger charge is -2.14. The van der Waals surface area contributed by atoms with E-state index >= 15 is 0 Å². The molecule has 3 rings (SSSR count). The Kier molecular flexibility index (Phi) is 5.45. The van der Waals surface area contributed by atoms with Crippen LogP contribution >= 0.6 is 23.2 Å². The van der Waals surface area contributed by atoms with Gasteiger partial charge in [-0.15, -0.1) is 0 Å². The van der Waals surface area contributed by atoms with E-state index in [1.165, 1.54) is 0 Å². The maximum atomic E-state index is 5.97. The average molecular weight is 379 g/mol. The number of hydrogen-bond donors (Lipinski definition) is 0. The van der Waals surface area contributed by atoms with Crippen LogP contribution in [-0.2, 0) is 6.54 Å². The Labute approximate surface area is 157 Å². The van der Waals surface area contributed by atoms with Crippen molar-refractivity contribution in [2.45, 2.75) is 33.2 Å². The smallest absolute Gasteiger partial charge is 0.227 e. The third kappa shape index (κ3) is 3.72. The Bertz CT molecular complexity index is 870. The van der Waals surface area contributed by atoms with Crippen molar-refractivity contribution in [1.82, 2.24) is 19.5 Å². The first-order valence-electron chi connectivity index (χ1n) is 8.30. The first kappa shape index (κ1) is 18.0. The van der Waals surface area contributed by atoms with Crippen molar-refractivity contribution >= 4 is 34.1 Å². The SMILES string of the molecule is CCC(CC)Cn1cc(-c2nc(Cl)nc(Cl)n2)c2cc(OC)ccc21. The lowest BCUT2D eigenvalue weighted by molar-refractivity contribution is 0.415. The molecule has 0 saturated carbocycles. The third-order valence-corrected chi connectivity index (χ3v) is 4.86. The minimum absolute atomic E-state index is 0.0822. The van der Waals surface area contributed by atoms with Crippen molar-refractivity contribution < 1.29 is 4.74 Å². The molecule has 0 fully saturated rings. The van der Waals surface area contributed by atoms with Gasteiger partial charge >= 0.3 is 0 Å². The van der Waals surface area contributed by atoms with Crippen LogP contribution in [0.4, 0.5) is 0 Å². The number of ether oxygens (including phenoxy) is 1. The van der Waals surface area contributed by atoms with Crippen molar-refractivity contribution in [3.05, 3.63) is 35.0 Å². The summed E-state index contributed by atoms with van der Waals surface area (Å²) in [6, 6.07) is 6.01. The van der Waals surface area contributed by atoms with Gasteiger partial charge in [-0.1, -0.05) is 26.7 Å². The largest absolute Gasteiger partial charge is 0.497 e. The summed E-state index contributed by atoms with van der Waals surface area (Å²) in [6.45, 7) is 5.37. The molecule has 2 heterocycles. The fourth-order valence-corrected chi connectivity index (χ4v) is 3.37. The molecule has 0 saturated heterocycles. The number of hydrogen-bond acceptors (Lipinski definition) is 4. The molecule has 132 valence electrons. The monoisotopic (exact) mass is 378 g/mol. The molecule has 0 radical (unpaired) electrons. The molecule has 0 unspecified atom stereocenters. The van der Waals surface area contributed by atoms with Gasteiger partial charge in [-0.05, 0) is 47.3 Å². The van der Waals surface area contributed by atoms with Crippen molar-refractivity contribution in [1.29, 1.82) is 0 Å². The van der Waals surface area contributed by atoms with Crippen LogP contribution < -0.4 is 4.74 Å². The van der Waals surface area contributed by atoms with E-state index in [2.05, 4.69) is 45.6 Å². The van der Waals surface area contributed by atoms with Crippen LogP contribution in [-0.4, -0.2) is 26.6 Å². The van der Waals surface area contributed by atoms with Gasteiger partial charge < -0.3 is 9.30 Å². The molecule has 3 aromatic rings. The van der Waals surface area contributed by atoms with Crippen LogP contribution in [0.25, 0.3) is 22.3 Å². The number of aromatic nitrogens is 4. The van der Waals surface area contributed by atoms with Crippen LogP contribution in [0.3, 0.4) is 0 Å². The van der Waals surface area contributed by atoms with Gasteiger partial charge in [0.25, 0.3) is 0 Å². The molecule has 2 aromatic heterocycles. The molecule has 5 nitrogen and oxygen atoms in total. The van der Waals surface area contributed by atoms with E-state index in [1.54, 1.807) is 7.11 Å². The van der Waals surface area contributed by atoms with Crippen molar-refractivity contribution in [2.75, 3.05) is 7.11 Å². The van der Waals surface area contributed by atoms with Crippen molar-refractivity contribution in [3.63, 3.8) is 0 Å². The second-order valence-corrected chi connectivity index (χ2v) is 6.63. The summed E-state index contributed by atoms with van der Waals surface area (Å²) in [4.78, 5) is 12.3. The summed E-state index contributed by atoms with van der Waals surface area (Å²) >= 11 is 11.9. The van der Waals surface area contributed by atoms with E-state index < -0.39 is 0 Å². The number of halogens is 2. The lowest BCUT2D eigenvalue weighted by Crippen LogP contribution is -2.08. The van der Waals surface area contributed by atoms with Crippen LogP contribution in [0.2, 0.25) is 10.6 Å². The molecule has 1 aromatic carbocycles. The fourth-order valence-electron chi connectivity index (χ4n) is 3.00. The van der Waals surface area contributed by atoms with E-state index in [1.807, 2.05) is 12.1 Å². The molecule has 0 aliphatic carbocycles. The highest BCUT2D eigenvalue weighted by molar-refractivity contribution is 6.31. The zero-order chi connectivity index (χ0) is 18.0. The molecule has 0 spiro atoms. The van der Waals surface area contributed by atoms with E-state index in [4.69, 9.17) is 27.9 Å². The summed E-state index contributed by atoms with van der Waals surface area (Å²) in [5.41, 5.74) is 1.97. The standard InChI is InChI=1S/C18H20Cl2N4O/c1-4-11(5-2)9-24-10-14(16-21-17(19)23-18(20)22-16)13-8-12(25-3)6-7-15(13)24/h6-8,10-11H,4-5,9H2,1-3H3. The number of nitrogens with zero attached hydrogens (tertiary/aromatic N) is 4. The highest BCUT2D eigenvalue weighted by Gasteiger charge is 2.17. The van der Waals surface area contributed by atoms with Crippen LogP contribution in [0.1, 0.15) is 26.7 Å². The second kappa shape index (κ2) is 7.58. The van der Waals surface area contributed by atoms with Gasteiger partial charge in [0.05, 0.1) is 7.11 Å². The zero-order valence-corrected chi connectivity index (χ0v) is 16.0. The normalized spacial score (nSPS) is 11.4. The third-order valence-electron chi connectivity index (χ3n) is 4.52. The minimum Gasteiger partial charge on any atom is -0.497 e. The summed E-state index contributed by atoms with van der Waals surface area (Å²) in [6.07, 6.45) is 4.32. The number of benzene rings is 1. The minimum atomic E-state index is 0.0822. The van der Waals surface area contributed by atoms with Crippen LogP contribution in [0.15, 0.2) is 24.4 Å². The lowest BCUT2D eigenvalue weighted by atomic mass is 10.0. The molecule has 0 atom stereocenters. The van der Waals surface area contributed by atoms with Crippen molar-refractivity contribution in [3.8, 4) is 17.1 Å². The molecule has 0 N–H and O–H groups in total. The van der Waals surface area contributed by atoms with Gasteiger partial charge in [0, 0.05) is 29.2 Å². The number of methoxy groups -OCH3 is 1. The first-order valence-corrected chi connectivity index (χ1v) is 9.05. The molecule has 0 aliphatic heterocycles. The Morgan fingerprint density at radius 2 is 1.76 bits per heavy atom. The molecular formula is C18H20Cl2N4O. The molecule has 0 aliphatic rings. The molecule has 0 amide bonds. The average Bonchev–Trinajstić information content (AvgIpc) is 2.96. The zero-order valence-electron chi connectivity index (χ0n) is 14.5. The predicted molar refractivity (Wildman–Crippen MR) is 101 cm³/mol. The quantitative estimate of drug-likeness (QED) is 0.587. The van der Waals surface area contributed by atoms with E-state index in [9.17, 15) is 0 Å². The molecule has 0 bridgehead atoms. The highest BCUT2D eigenvalue weighted by Crippen LogP contribution is 2.33. The highest BCUT2D eigenvalue weighted by atomic mass is 35.5. The van der Waals surface area contributed by atoms with Gasteiger partial charge in [-0.2, -0.15) is 15.0 Å².